The SMILES string of the molecule is COc1ccc(N2C(=O)[C@@H](NC(C)=O)[C@@]2(C)C(C)=O)cc1. The lowest BCUT2D eigenvalue weighted by Gasteiger charge is -2.54. The normalized spacial score (nSPS) is 24.3. The average Bonchev–Trinajstić information content (AvgIpc) is 2.45. The summed E-state index contributed by atoms with van der Waals surface area (Å²) in [7, 11) is 1.55. The van der Waals surface area contributed by atoms with E-state index in [0.717, 1.165) is 0 Å². The second kappa shape index (κ2) is 5.20. The maximum Gasteiger partial charge on any atom is 0.253 e. The summed E-state index contributed by atoms with van der Waals surface area (Å²) in [5.74, 6) is -0.158. The van der Waals surface area contributed by atoms with Gasteiger partial charge in [-0.15, -0.1) is 0 Å². The maximum absolute atomic E-state index is 12.3. The maximum atomic E-state index is 12.3. The highest BCUT2D eigenvalue weighted by atomic mass is 16.5. The highest BCUT2D eigenvalue weighted by molar-refractivity contribution is 6.18. The Morgan fingerprint density at radius 2 is 1.81 bits per heavy atom. The lowest BCUT2D eigenvalue weighted by Crippen LogP contribution is -2.81. The molecule has 1 aromatic carbocycles. The summed E-state index contributed by atoms with van der Waals surface area (Å²) in [6.45, 7) is 4.39. The zero-order chi connectivity index (χ0) is 15.8. The molecule has 0 unspecified atom stereocenters. The second-order valence-corrected chi connectivity index (χ2v) is 5.21. The van der Waals surface area contributed by atoms with Crippen LogP contribution in [-0.4, -0.2) is 36.3 Å². The van der Waals surface area contributed by atoms with E-state index in [-0.39, 0.29) is 17.6 Å². The molecule has 2 atom stereocenters. The number of ether oxygens (including phenoxy) is 1. The van der Waals surface area contributed by atoms with Crippen LogP contribution in [0.1, 0.15) is 20.8 Å². The average molecular weight is 290 g/mol. The Kier molecular flexibility index (Phi) is 3.72. The van der Waals surface area contributed by atoms with Crippen molar-refractivity contribution in [2.24, 2.45) is 0 Å². The van der Waals surface area contributed by atoms with Crippen molar-refractivity contribution in [1.82, 2.24) is 5.32 Å². The predicted octanol–water partition coefficient (Wildman–Crippen LogP) is 0.894. The van der Waals surface area contributed by atoms with Crippen LogP contribution in [0.25, 0.3) is 0 Å². The van der Waals surface area contributed by atoms with E-state index in [4.69, 9.17) is 4.74 Å². The first-order chi connectivity index (χ1) is 9.82. The molecule has 1 aliphatic rings. The van der Waals surface area contributed by atoms with Crippen LogP contribution in [0.5, 0.6) is 5.75 Å². The molecule has 1 aromatic rings. The van der Waals surface area contributed by atoms with Crippen LogP contribution < -0.4 is 15.0 Å². The summed E-state index contributed by atoms with van der Waals surface area (Å²) < 4.78 is 5.07. The van der Waals surface area contributed by atoms with Crippen molar-refractivity contribution in [3.05, 3.63) is 24.3 Å². The highest BCUT2D eigenvalue weighted by Gasteiger charge is 2.61. The number of hydrogen-bond acceptors (Lipinski definition) is 4. The van der Waals surface area contributed by atoms with E-state index >= 15 is 0 Å². The number of anilines is 1. The standard InChI is InChI=1S/C15H18N2O4/c1-9(18)15(3)13(16-10(2)19)14(20)17(15)11-5-7-12(21-4)8-6-11/h5-8,13H,1-4H3,(H,16,19)/t13-,15-/m1/s1. The predicted molar refractivity (Wildman–Crippen MR) is 77.2 cm³/mol. The van der Waals surface area contributed by atoms with Gasteiger partial charge in [-0.25, -0.2) is 0 Å². The Balaban J connectivity index is 2.36. The molecular weight excluding hydrogens is 272 g/mol. The number of hydrogen-bond donors (Lipinski definition) is 1. The zero-order valence-electron chi connectivity index (χ0n) is 12.5. The van der Waals surface area contributed by atoms with Gasteiger partial charge in [-0.05, 0) is 38.1 Å². The van der Waals surface area contributed by atoms with Crippen LogP contribution in [0.2, 0.25) is 0 Å². The molecule has 1 N–H and O–H groups in total. The third-order valence-electron chi connectivity index (χ3n) is 3.88. The summed E-state index contributed by atoms with van der Waals surface area (Å²) in [6.07, 6.45) is 0. The first-order valence-electron chi connectivity index (χ1n) is 6.58. The van der Waals surface area contributed by atoms with E-state index < -0.39 is 11.6 Å². The fraction of sp³-hybridized carbons (Fsp3) is 0.400. The molecule has 1 aliphatic heterocycles. The Morgan fingerprint density at radius 1 is 1.24 bits per heavy atom. The molecule has 0 aliphatic carbocycles. The number of benzene rings is 1. The molecule has 0 bridgehead atoms. The van der Waals surface area contributed by atoms with Crippen molar-refractivity contribution in [2.45, 2.75) is 32.4 Å². The molecule has 112 valence electrons. The van der Waals surface area contributed by atoms with E-state index in [1.54, 1.807) is 38.3 Å². The number of amides is 2. The summed E-state index contributed by atoms with van der Waals surface area (Å²) in [6, 6.07) is 6.03. The molecule has 2 amide bonds. The quantitative estimate of drug-likeness (QED) is 0.836. The van der Waals surface area contributed by atoms with Gasteiger partial charge >= 0.3 is 0 Å². The van der Waals surface area contributed by atoms with E-state index in [1.807, 2.05) is 0 Å². The highest BCUT2D eigenvalue weighted by Crippen LogP contribution is 2.38. The minimum Gasteiger partial charge on any atom is -0.497 e. The van der Waals surface area contributed by atoms with Crippen LogP contribution >= 0.6 is 0 Å². The molecule has 1 fully saturated rings. The van der Waals surface area contributed by atoms with Crippen molar-refractivity contribution < 1.29 is 19.1 Å². The molecule has 6 heteroatoms. The van der Waals surface area contributed by atoms with Crippen LogP contribution in [0.3, 0.4) is 0 Å². The molecule has 0 aromatic heterocycles. The molecule has 0 radical (unpaired) electrons. The number of nitrogens with one attached hydrogen (secondary N) is 1. The molecule has 1 heterocycles. The van der Waals surface area contributed by atoms with Crippen LogP contribution in [0.4, 0.5) is 5.69 Å². The van der Waals surface area contributed by atoms with Crippen molar-refractivity contribution in [3.8, 4) is 5.75 Å². The summed E-state index contributed by atoms with van der Waals surface area (Å²) in [5.41, 5.74) is -0.475. The van der Waals surface area contributed by atoms with Gasteiger partial charge in [-0.3, -0.25) is 19.3 Å². The minimum absolute atomic E-state index is 0.184. The van der Waals surface area contributed by atoms with Gasteiger partial charge in [0.2, 0.25) is 5.91 Å². The number of carbonyl (C=O) groups is 3. The smallest absolute Gasteiger partial charge is 0.253 e. The number of ketones is 1. The Morgan fingerprint density at radius 3 is 2.24 bits per heavy atom. The Hall–Kier alpha value is -2.37. The monoisotopic (exact) mass is 290 g/mol. The number of Topliss-reactive ketones (excluding diaryl/α,β-unsaturated/α-hetero) is 1. The van der Waals surface area contributed by atoms with Crippen molar-refractivity contribution in [1.29, 1.82) is 0 Å². The number of rotatable bonds is 4. The second-order valence-electron chi connectivity index (χ2n) is 5.21. The van der Waals surface area contributed by atoms with Crippen LogP contribution in [-0.2, 0) is 14.4 Å². The van der Waals surface area contributed by atoms with Gasteiger partial charge < -0.3 is 10.1 Å². The van der Waals surface area contributed by atoms with Crippen LogP contribution in [0, 0.1) is 0 Å². The lowest BCUT2D eigenvalue weighted by atomic mass is 9.76. The number of nitrogens with zero attached hydrogens (tertiary/aromatic N) is 1. The van der Waals surface area contributed by atoms with E-state index in [1.165, 1.54) is 18.7 Å². The van der Waals surface area contributed by atoms with Gasteiger partial charge in [0.15, 0.2) is 5.78 Å². The molecular formula is C15H18N2O4. The largest absolute Gasteiger partial charge is 0.497 e. The number of carbonyl (C=O) groups excluding carboxylic acids is 3. The summed E-state index contributed by atoms with van der Waals surface area (Å²) >= 11 is 0. The fourth-order valence-electron chi connectivity index (χ4n) is 2.55. The van der Waals surface area contributed by atoms with E-state index in [2.05, 4.69) is 5.32 Å². The molecule has 0 spiro atoms. The topological polar surface area (TPSA) is 75.7 Å². The molecule has 1 saturated heterocycles. The summed E-state index contributed by atoms with van der Waals surface area (Å²) in [4.78, 5) is 37.0. The Labute approximate surface area is 123 Å². The van der Waals surface area contributed by atoms with Crippen LogP contribution in [0.15, 0.2) is 24.3 Å². The van der Waals surface area contributed by atoms with Crippen molar-refractivity contribution in [2.75, 3.05) is 12.0 Å². The van der Waals surface area contributed by atoms with Gasteiger partial charge in [0, 0.05) is 12.6 Å². The fourth-order valence-corrected chi connectivity index (χ4v) is 2.55. The van der Waals surface area contributed by atoms with Gasteiger partial charge in [0.05, 0.1) is 7.11 Å². The van der Waals surface area contributed by atoms with Gasteiger partial charge in [-0.2, -0.15) is 0 Å². The third kappa shape index (κ3) is 2.26. The number of β-lactam (4-membered cyclic amide) rings is 1. The first-order valence-corrected chi connectivity index (χ1v) is 6.58. The third-order valence-corrected chi connectivity index (χ3v) is 3.88. The van der Waals surface area contributed by atoms with Gasteiger partial charge in [0.1, 0.15) is 17.3 Å². The first kappa shape index (κ1) is 15.0. The zero-order valence-corrected chi connectivity index (χ0v) is 12.5. The van der Waals surface area contributed by atoms with Gasteiger partial charge in [-0.1, -0.05) is 0 Å². The van der Waals surface area contributed by atoms with Crippen molar-refractivity contribution in [3.63, 3.8) is 0 Å². The molecule has 6 nitrogen and oxygen atoms in total. The molecule has 0 saturated carbocycles. The van der Waals surface area contributed by atoms with Crippen molar-refractivity contribution >= 4 is 23.3 Å². The summed E-state index contributed by atoms with van der Waals surface area (Å²) in [5, 5.41) is 2.55. The van der Waals surface area contributed by atoms with Gasteiger partial charge in [0.25, 0.3) is 5.91 Å². The van der Waals surface area contributed by atoms with E-state index in [9.17, 15) is 14.4 Å². The Bertz CT molecular complexity index is 596. The lowest BCUT2D eigenvalue weighted by molar-refractivity contribution is -0.142. The molecule has 21 heavy (non-hydrogen) atoms. The minimum atomic E-state index is -1.07. The van der Waals surface area contributed by atoms with E-state index in [0.29, 0.717) is 11.4 Å². The number of methoxy groups -OCH3 is 1. The molecule has 2 rings (SSSR count).